The first-order chi connectivity index (χ1) is 10.0. The minimum atomic E-state index is -0.397. The second-order valence-electron chi connectivity index (χ2n) is 4.69. The summed E-state index contributed by atoms with van der Waals surface area (Å²) in [5, 5.41) is 9.74. The first-order valence-corrected chi connectivity index (χ1v) is 6.85. The van der Waals surface area contributed by atoms with Gasteiger partial charge in [-0.1, -0.05) is 11.6 Å². The largest absolute Gasteiger partial charge is 0.508 e. The van der Waals surface area contributed by atoms with Crippen LogP contribution < -0.4 is 0 Å². The molecular formula is C14H16ClNO5. The summed E-state index contributed by atoms with van der Waals surface area (Å²) in [6.45, 7) is 1.02. The molecule has 21 heavy (non-hydrogen) atoms. The van der Waals surface area contributed by atoms with Gasteiger partial charge in [0, 0.05) is 13.1 Å². The minimum Gasteiger partial charge on any atom is -0.508 e. The van der Waals surface area contributed by atoms with Crippen molar-refractivity contribution >= 4 is 23.5 Å². The Kier molecular flexibility index (Phi) is 5.03. The molecule has 2 rings (SSSR count). The van der Waals surface area contributed by atoms with E-state index in [1.807, 2.05) is 0 Å². The molecule has 0 radical (unpaired) electrons. The number of rotatable bonds is 3. The lowest BCUT2D eigenvalue weighted by atomic mass is 10.1. The fourth-order valence-corrected chi connectivity index (χ4v) is 2.34. The van der Waals surface area contributed by atoms with Gasteiger partial charge in [0.25, 0.3) is 5.91 Å². The molecule has 1 heterocycles. The number of nitrogens with zero attached hydrogens (tertiary/aromatic N) is 1. The molecular weight excluding hydrogens is 298 g/mol. The molecule has 0 spiro atoms. The zero-order chi connectivity index (χ0) is 15.4. The number of hydrogen-bond acceptors (Lipinski definition) is 5. The van der Waals surface area contributed by atoms with Gasteiger partial charge in [-0.2, -0.15) is 0 Å². The van der Waals surface area contributed by atoms with Gasteiger partial charge >= 0.3 is 5.97 Å². The monoisotopic (exact) mass is 313 g/mol. The Labute approximate surface area is 127 Å². The summed E-state index contributed by atoms with van der Waals surface area (Å²) in [5.74, 6) is -0.708. The van der Waals surface area contributed by atoms with Crippen molar-refractivity contribution in [3.05, 3.63) is 28.8 Å². The maximum atomic E-state index is 12.4. The van der Waals surface area contributed by atoms with E-state index in [0.29, 0.717) is 13.2 Å². The molecule has 1 aromatic rings. The number of morpholine rings is 1. The van der Waals surface area contributed by atoms with E-state index in [2.05, 4.69) is 4.74 Å². The number of halogens is 1. The highest BCUT2D eigenvalue weighted by Gasteiger charge is 2.28. The van der Waals surface area contributed by atoms with Crippen molar-refractivity contribution in [1.29, 1.82) is 0 Å². The van der Waals surface area contributed by atoms with Crippen molar-refractivity contribution in [2.45, 2.75) is 12.5 Å². The van der Waals surface area contributed by atoms with E-state index in [-0.39, 0.29) is 41.2 Å². The molecule has 0 bridgehead atoms. The Morgan fingerprint density at radius 3 is 3.00 bits per heavy atom. The molecule has 1 saturated heterocycles. The van der Waals surface area contributed by atoms with Gasteiger partial charge in [0.2, 0.25) is 0 Å². The van der Waals surface area contributed by atoms with E-state index in [1.54, 1.807) is 4.90 Å². The molecule has 1 N–H and O–H groups in total. The van der Waals surface area contributed by atoms with Crippen LogP contribution in [0.2, 0.25) is 5.02 Å². The van der Waals surface area contributed by atoms with Crippen molar-refractivity contribution in [1.82, 2.24) is 4.90 Å². The van der Waals surface area contributed by atoms with Crippen LogP contribution in [0.3, 0.4) is 0 Å². The van der Waals surface area contributed by atoms with Crippen LogP contribution in [0, 0.1) is 0 Å². The number of aromatic hydroxyl groups is 1. The van der Waals surface area contributed by atoms with Crippen LogP contribution in [-0.2, 0) is 14.3 Å². The molecule has 7 heteroatoms. The highest BCUT2D eigenvalue weighted by Crippen LogP contribution is 2.23. The Morgan fingerprint density at radius 2 is 2.29 bits per heavy atom. The van der Waals surface area contributed by atoms with E-state index < -0.39 is 6.10 Å². The Hall–Kier alpha value is -1.79. The van der Waals surface area contributed by atoms with E-state index >= 15 is 0 Å². The number of phenolic OH excluding ortho intramolecular Hbond substituents is 1. The number of esters is 1. The maximum absolute atomic E-state index is 12.4. The van der Waals surface area contributed by atoms with Gasteiger partial charge in [-0.05, 0) is 18.2 Å². The third kappa shape index (κ3) is 3.86. The number of methoxy groups -OCH3 is 1. The second kappa shape index (κ2) is 6.78. The molecule has 114 valence electrons. The molecule has 1 aliphatic heterocycles. The van der Waals surface area contributed by atoms with E-state index in [9.17, 15) is 14.7 Å². The predicted octanol–water partition coefficient (Wildman–Crippen LogP) is 1.45. The lowest BCUT2D eigenvalue weighted by molar-refractivity contribution is -0.145. The van der Waals surface area contributed by atoms with Gasteiger partial charge in [-0.3, -0.25) is 9.59 Å². The summed E-state index contributed by atoms with van der Waals surface area (Å²) in [6.07, 6.45) is -0.306. The normalized spacial score (nSPS) is 18.4. The molecule has 0 aromatic heterocycles. The number of carbonyl (C=O) groups is 2. The van der Waals surface area contributed by atoms with E-state index in [1.165, 1.54) is 25.3 Å². The van der Waals surface area contributed by atoms with E-state index in [4.69, 9.17) is 16.3 Å². The number of hydrogen-bond donors (Lipinski definition) is 1. The molecule has 0 aliphatic carbocycles. The van der Waals surface area contributed by atoms with Crippen molar-refractivity contribution in [3.63, 3.8) is 0 Å². The molecule has 6 nitrogen and oxygen atoms in total. The van der Waals surface area contributed by atoms with Crippen molar-refractivity contribution in [3.8, 4) is 5.75 Å². The number of phenols is 1. The number of carbonyl (C=O) groups excluding carboxylic acids is 2. The average molecular weight is 314 g/mol. The van der Waals surface area contributed by atoms with Crippen LogP contribution in [-0.4, -0.2) is 54.8 Å². The maximum Gasteiger partial charge on any atom is 0.308 e. The van der Waals surface area contributed by atoms with Gasteiger partial charge in [0.05, 0.1) is 36.8 Å². The number of benzene rings is 1. The van der Waals surface area contributed by atoms with Crippen LogP contribution in [0.4, 0.5) is 0 Å². The molecule has 1 aromatic carbocycles. The smallest absolute Gasteiger partial charge is 0.308 e. The standard InChI is InChI=1S/C14H16ClNO5/c1-20-13(18)7-10-8-16(4-5-21-10)14(19)11-6-9(17)2-3-12(11)15/h2-3,6,10,17H,4-5,7-8H2,1H3. The second-order valence-corrected chi connectivity index (χ2v) is 5.10. The van der Waals surface area contributed by atoms with Crippen molar-refractivity contribution in [2.24, 2.45) is 0 Å². The Morgan fingerprint density at radius 1 is 1.52 bits per heavy atom. The van der Waals surface area contributed by atoms with Crippen LogP contribution in [0.1, 0.15) is 16.8 Å². The third-order valence-electron chi connectivity index (χ3n) is 3.23. The fourth-order valence-electron chi connectivity index (χ4n) is 2.14. The lowest BCUT2D eigenvalue weighted by Gasteiger charge is -2.32. The number of amides is 1. The van der Waals surface area contributed by atoms with Gasteiger partial charge in [-0.25, -0.2) is 0 Å². The van der Waals surface area contributed by atoms with Gasteiger partial charge in [0.15, 0.2) is 0 Å². The third-order valence-corrected chi connectivity index (χ3v) is 3.56. The van der Waals surface area contributed by atoms with Gasteiger partial charge in [0.1, 0.15) is 5.75 Å². The molecule has 1 atom stereocenters. The summed E-state index contributed by atoms with van der Waals surface area (Å²) in [7, 11) is 1.31. The van der Waals surface area contributed by atoms with Crippen LogP contribution in [0.25, 0.3) is 0 Å². The van der Waals surface area contributed by atoms with Crippen LogP contribution in [0.15, 0.2) is 18.2 Å². The van der Waals surface area contributed by atoms with Crippen LogP contribution >= 0.6 is 11.6 Å². The van der Waals surface area contributed by atoms with Gasteiger partial charge in [-0.15, -0.1) is 0 Å². The predicted molar refractivity (Wildman–Crippen MR) is 75.4 cm³/mol. The zero-order valence-corrected chi connectivity index (χ0v) is 12.3. The summed E-state index contributed by atoms with van der Waals surface area (Å²) in [5.41, 5.74) is 0.232. The first kappa shape index (κ1) is 15.6. The number of ether oxygens (including phenoxy) is 2. The van der Waals surface area contributed by atoms with Crippen LogP contribution in [0.5, 0.6) is 5.75 Å². The molecule has 0 saturated carbocycles. The minimum absolute atomic E-state index is 0.0258. The van der Waals surface area contributed by atoms with E-state index in [0.717, 1.165) is 0 Å². The van der Waals surface area contributed by atoms with Gasteiger partial charge < -0.3 is 19.5 Å². The SMILES string of the molecule is COC(=O)CC1CN(C(=O)c2cc(O)ccc2Cl)CCO1. The molecule has 1 amide bonds. The highest BCUT2D eigenvalue weighted by atomic mass is 35.5. The van der Waals surface area contributed by atoms with Crippen molar-refractivity contribution in [2.75, 3.05) is 26.8 Å². The summed E-state index contributed by atoms with van der Waals surface area (Å²) in [4.78, 5) is 25.3. The summed E-state index contributed by atoms with van der Waals surface area (Å²) < 4.78 is 10.0. The molecule has 1 fully saturated rings. The summed E-state index contributed by atoms with van der Waals surface area (Å²) in [6, 6.07) is 4.21. The lowest BCUT2D eigenvalue weighted by Crippen LogP contribution is -2.46. The summed E-state index contributed by atoms with van der Waals surface area (Å²) >= 11 is 5.99. The van der Waals surface area contributed by atoms with Crippen molar-refractivity contribution < 1.29 is 24.2 Å². The molecule has 1 unspecified atom stereocenters. The first-order valence-electron chi connectivity index (χ1n) is 6.47. The zero-order valence-electron chi connectivity index (χ0n) is 11.5. The quantitative estimate of drug-likeness (QED) is 0.855. The topological polar surface area (TPSA) is 76.1 Å². The Bertz CT molecular complexity index is 548. The fraction of sp³-hybridized carbons (Fsp3) is 0.429. The average Bonchev–Trinajstić information content (AvgIpc) is 2.49. The Balaban J connectivity index is 2.08. The highest BCUT2D eigenvalue weighted by molar-refractivity contribution is 6.33. The molecule has 1 aliphatic rings.